The molecule has 0 atom stereocenters. The van der Waals surface area contributed by atoms with Crippen LogP contribution in [0, 0.1) is 0 Å². The van der Waals surface area contributed by atoms with Crippen LogP contribution in [0.1, 0.15) is 5.56 Å². The summed E-state index contributed by atoms with van der Waals surface area (Å²) in [6, 6.07) is 8.65. The molecule has 0 heterocycles. The van der Waals surface area contributed by atoms with Gasteiger partial charge in [-0.15, -0.1) is 0 Å². The highest BCUT2D eigenvalue weighted by Crippen LogP contribution is 2.13. The first-order valence-corrected chi connectivity index (χ1v) is 4.49. The van der Waals surface area contributed by atoms with Gasteiger partial charge in [0.05, 0.1) is 6.42 Å². The van der Waals surface area contributed by atoms with Gasteiger partial charge in [0, 0.05) is 0 Å². The lowest BCUT2D eigenvalue weighted by Crippen LogP contribution is -2.30. The summed E-state index contributed by atoms with van der Waals surface area (Å²) < 4.78 is 35.0. The van der Waals surface area contributed by atoms with E-state index in [0.717, 1.165) is 0 Å². The van der Waals surface area contributed by atoms with E-state index >= 15 is 0 Å². The molecular weight excluding hydrogens is 223 g/mol. The van der Waals surface area contributed by atoms with E-state index in [4.69, 9.17) is 0 Å². The third kappa shape index (κ3) is 5.35. The number of hydrogen-bond acceptors (Lipinski definition) is 2. The Bertz CT molecular complexity index is 338. The van der Waals surface area contributed by atoms with Crippen LogP contribution in [-0.2, 0) is 16.1 Å². The fourth-order valence-corrected chi connectivity index (χ4v) is 1.02. The first-order valence-electron chi connectivity index (χ1n) is 4.49. The van der Waals surface area contributed by atoms with Gasteiger partial charge in [-0.3, -0.25) is 9.63 Å². The van der Waals surface area contributed by atoms with Crippen LogP contribution >= 0.6 is 0 Å². The Morgan fingerprint density at radius 1 is 1.25 bits per heavy atom. The molecule has 1 aromatic rings. The normalized spacial score (nSPS) is 11.2. The second-order valence-corrected chi connectivity index (χ2v) is 3.09. The molecule has 0 unspecified atom stereocenters. The molecule has 0 saturated heterocycles. The smallest absolute Gasteiger partial charge is 0.272 e. The van der Waals surface area contributed by atoms with Crippen LogP contribution < -0.4 is 5.48 Å². The largest absolute Gasteiger partial charge is 0.414 e. The molecule has 0 saturated carbocycles. The zero-order valence-electron chi connectivity index (χ0n) is 8.25. The van der Waals surface area contributed by atoms with Gasteiger partial charge in [0.25, 0.3) is 0 Å². The summed E-state index contributed by atoms with van der Waals surface area (Å²) >= 11 is 0. The maximum absolute atomic E-state index is 11.7. The summed E-state index contributed by atoms with van der Waals surface area (Å²) in [5, 5.41) is 0. The molecule has 0 radical (unpaired) electrons. The lowest BCUT2D eigenvalue weighted by atomic mass is 10.1. The van der Waals surface area contributed by atoms with Gasteiger partial charge in [0.2, 0.25) is 5.91 Å². The first kappa shape index (κ1) is 12.5. The standard InChI is InChI=1S/C10H10F3NO2/c11-10(12,13)7-16-14-9(15)6-8-4-2-1-3-5-8/h1-5H,6-7H2,(H,14,15). The number of hydroxylamine groups is 1. The van der Waals surface area contributed by atoms with Crippen LogP contribution in [-0.4, -0.2) is 18.7 Å². The second kappa shape index (κ2) is 5.50. The zero-order chi connectivity index (χ0) is 12.0. The zero-order valence-corrected chi connectivity index (χ0v) is 8.25. The number of halogens is 3. The van der Waals surface area contributed by atoms with E-state index in [2.05, 4.69) is 4.84 Å². The van der Waals surface area contributed by atoms with Gasteiger partial charge in [0.15, 0.2) is 6.61 Å². The molecule has 1 amide bonds. The summed E-state index contributed by atoms with van der Waals surface area (Å²) in [5.41, 5.74) is 2.43. The molecule has 0 spiro atoms. The highest BCUT2D eigenvalue weighted by molar-refractivity contribution is 5.77. The summed E-state index contributed by atoms with van der Waals surface area (Å²) in [4.78, 5) is 15.1. The molecule has 1 N–H and O–H groups in total. The van der Waals surface area contributed by atoms with Crippen LogP contribution in [0.5, 0.6) is 0 Å². The van der Waals surface area contributed by atoms with Gasteiger partial charge in [-0.05, 0) is 5.56 Å². The number of rotatable bonds is 4. The molecule has 6 heteroatoms. The van der Waals surface area contributed by atoms with E-state index in [-0.39, 0.29) is 6.42 Å². The average Bonchev–Trinajstić information content (AvgIpc) is 2.17. The summed E-state index contributed by atoms with van der Waals surface area (Å²) in [5.74, 6) is -0.615. The first-order chi connectivity index (χ1) is 7.47. The molecular formula is C10H10F3NO2. The Kier molecular flexibility index (Phi) is 4.30. The topological polar surface area (TPSA) is 38.3 Å². The van der Waals surface area contributed by atoms with Gasteiger partial charge >= 0.3 is 6.18 Å². The lowest BCUT2D eigenvalue weighted by Gasteiger charge is -2.08. The minimum absolute atomic E-state index is 0.0152. The van der Waals surface area contributed by atoms with Crippen molar-refractivity contribution in [3.8, 4) is 0 Å². The van der Waals surface area contributed by atoms with Crippen molar-refractivity contribution in [2.45, 2.75) is 12.6 Å². The van der Waals surface area contributed by atoms with Crippen molar-refractivity contribution in [2.24, 2.45) is 0 Å². The van der Waals surface area contributed by atoms with Crippen molar-refractivity contribution in [3.05, 3.63) is 35.9 Å². The molecule has 3 nitrogen and oxygen atoms in total. The number of hydrogen-bond donors (Lipinski definition) is 1. The molecule has 16 heavy (non-hydrogen) atoms. The second-order valence-electron chi connectivity index (χ2n) is 3.09. The number of alkyl halides is 3. The SMILES string of the molecule is O=C(Cc1ccccc1)NOCC(F)(F)F. The van der Waals surface area contributed by atoms with E-state index in [1.54, 1.807) is 35.8 Å². The van der Waals surface area contributed by atoms with E-state index < -0.39 is 18.7 Å². The van der Waals surface area contributed by atoms with Crippen LogP contribution in [0.4, 0.5) is 13.2 Å². The Morgan fingerprint density at radius 2 is 1.88 bits per heavy atom. The maximum Gasteiger partial charge on any atom is 0.414 e. The monoisotopic (exact) mass is 233 g/mol. The van der Waals surface area contributed by atoms with Crippen LogP contribution in [0.2, 0.25) is 0 Å². The highest BCUT2D eigenvalue weighted by Gasteiger charge is 2.28. The van der Waals surface area contributed by atoms with Gasteiger partial charge in [-0.25, -0.2) is 5.48 Å². The van der Waals surface area contributed by atoms with Crippen molar-refractivity contribution in [2.75, 3.05) is 6.61 Å². The number of carbonyl (C=O) groups is 1. The Morgan fingerprint density at radius 3 is 2.44 bits per heavy atom. The third-order valence-electron chi connectivity index (χ3n) is 1.63. The van der Waals surface area contributed by atoms with E-state index in [0.29, 0.717) is 5.56 Å². The van der Waals surface area contributed by atoms with Crippen LogP contribution in [0.15, 0.2) is 30.3 Å². The summed E-state index contributed by atoms with van der Waals surface area (Å²) in [6.07, 6.45) is -4.46. The molecule has 0 aliphatic heterocycles. The predicted molar refractivity (Wildman–Crippen MR) is 50.3 cm³/mol. The van der Waals surface area contributed by atoms with Crippen molar-refractivity contribution < 1.29 is 22.8 Å². The molecule has 1 rings (SSSR count). The van der Waals surface area contributed by atoms with Crippen molar-refractivity contribution in [1.82, 2.24) is 5.48 Å². The Hall–Kier alpha value is -1.56. The molecule has 0 aliphatic rings. The Balaban J connectivity index is 2.27. The number of nitrogens with one attached hydrogen (secondary N) is 1. The molecule has 88 valence electrons. The van der Waals surface area contributed by atoms with Gasteiger partial charge in [-0.2, -0.15) is 13.2 Å². The summed E-state index contributed by atoms with van der Waals surface area (Å²) in [6.45, 7) is -1.49. The number of benzene rings is 1. The average molecular weight is 233 g/mol. The minimum atomic E-state index is -4.44. The van der Waals surface area contributed by atoms with Gasteiger partial charge < -0.3 is 0 Å². The van der Waals surface area contributed by atoms with E-state index in [1.807, 2.05) is 0 Å². The van der Waals surface area contributed by atoms with Gasteiger partial charge in [-0.1, -0.05) is 30.3 Å². The molecule has 0 fully saturated rings. The van der Waals surface area contributed by atoms with Crippen molar-refractivity contribution >= 4 is 5.91 Å². The molecule has 0 aliphatic carbocycles. The predicted octanol–water partition coefficient (Wildman–Crippen LogP) is 1.84. The van der Waals surface area contributed by atoms with Crippen LogP contribution in [0.25, 0.3) is 0 Å². The third-order valence-corrected chi connectivity index (χ3v) is 1.63. The fourth-order valence-electron chi connectivity index (χ4n) is 1.02. The maximum atomic E-state index is 11.7. The number of carbonyl (C=O) groups excluding carboxylic acids is 1. The molecule has 0 aromatic heterocycles. The Labute approximate surface area is 90.2 Å². The van der Waals surface area contributed by atoms with Crippen molar-refractivity contribution in [1.29, 1.82) is 0 Å². The van der Waals surface area contributed by atoms with E-state index in [9.17, 15) is 18.0 Å². The highest BCUT2D eigenvalue weighted by atomic mass is 19.4. The van der Waals surface area contributed by atoms with Crippen LogP contribution in [0.3, 0.4) is 0 Å². The van der Waals surface area contributed by atoms with Gasteiger partial charge in [0.1, 0.15) is 0 Å². The lowest BCUT2D eigenvalue weighted by molar-refractivity contribution is -0.191. The quantitative estimate of drug-likeness (QED) is 0.806. The fraction of sp³-hybridized carbons (Fsp3) is 0.300. The molecule has 0 bridgehead atoms. The molecule has 1 aromatic carbocycles. The van der Waals surface area contributed by atoms with E-state index in [1.165, 1.54) is 0 Å². The minimum Gasteiger partial charge on any atom is -0.272 e. The number of amides is 1. The summed E-state index contributed by atoms with van der Waals surface area (Å²) in [7, 11) is 0. The van der Waals surface area contributed by atoms with Crippen molar-refractivity contribution in [3.63, 3.8) is 0 Å².